The first-order chi connectivity index (χ1) is 12.2. The molecule has 2 N–H and O–H groups in total. The van der Waals surface area contributed by atoms with Crippen LogP contribution in [0.25, 0.3) is 11.3 Å². The summed E-state index contributed by atoms with van der Waals surface area (Å²) >= 11 is 0. The fourth-order valence-electron chi connectivity index (χ4n) is 2.29. The molecule has 0 atom stereocenters. The van der Waals surface area contributed by atoms with E-state index in [1.165, 1.54) is 0 Å². The van der Waals surface area contributed by atoms with Crippen molar-refractivity contribution >= 4 is 18.0 Å². The molecule has 0 bridgehead atoms. The summed E-state index contributed by atoms with van der Waals surface area (Å²) in [5.41, 5.74) is 9.18. The van der Waals surface area contributed by atoms with E-state index < -0.39 is 5.91 Å². The Hall–Kier alpha value is -3.60. The maximum absolute atomic E-state index is 12.3. The molecule has 0 aliphatic rings. The van der Waals surface area contributed by atoms with Crippen LogP contribution >= 0.6 is 0 Å². The van der Waals surface area contributed by atoms with Crippen LogP contribution in [0.5, 0.6) is 0 Å². The molecule has 0 fully saturated rings. The lowest BCUT2D eigenvalue weighted by Crippen LogP contribution is -2.15. The summed E-state index contributed by atoms with van der Waals surface area (Å²) in [4.78, 5) is 31.1. The molecular weight excluding hydrogens is 314 g/mol. The number of nitrogens with two attached hydrogens (primary N) is 1. The second-order valence-corrected chi connectivity index (χ2v) is 5.33. The second-order valence-electron chi connectivity index (χ2n) is 5.33. The van der Waals surface area contributed by atoms with Gasteiger partial charge in [-0.25, -0.2) is 0 Å². The molecule has 1 aromatic heterocycles. The van der Waals surface area contributed by atoms with E-state index >= 15 is 0 Å². The van der Waals surface area contributed by atoms with Crippen LogP contribution in [0.2, 0.25) is 0 Å². The molecule has 3 rings (SSSR count). The van der Waals surface area contributed by atoms with Crippen LogP contribution in [-0.2, 0) is 0 Å². The number of carbonyl (C=O) groups excluding carboxylic acids is 2. The highest BCUT2D eigenvalue weighted by Gasteiger charge is 2.07. The van der Waals surface area contributed by atoms with E-state index in [4.69, 9.17) is 5.73 Å². The standard InChI is InChI=1S/C20H15N3O2/c21-19(16-6-4-14(13-24)5-7-16)23-20(25)17-10-8-15(9-11-17)18-3-1-2-12-22-18/h1-13H,(H2,21,23,25). The van der Waals surface area contributed by atoms with E-state index in [-0.39, 0.29) is 5.84 Å². The van der Waals surface area contributed by atoms with Gasteiger partial charge in [0.05, 0.1) is 5.69 Å². The van der Waals surface area contributed by atoms with Gasteiger partial charge in [-0.05, 0) is 24.3 Å². The first-order valence-corrected chi connectivity index (χ1v) is 7.63. The van der Waals surface area contributed by atoms with Gasteiger partial charge in [0.1, 0.15) is 12.1 Å². The lowest BCUT2D eigenvalue weighted by Gasteiger charge is -2.03. The van der Waals surface area contributed by atoms with Crippen molar-refractivity contribution in [3.05, 3.63) is 89.6 Å². The number of pyridine rings is 1. The highest BCUT2D eigenvalue weighted by atomic mass is 16.1. The molecular formula is C20H15N3O2. The molecule has 0 aliphatic carbocycles. The second kappa shape index (κ2) is 7.31. The van der Waals surface area contributed by atoms with Gasteiger partial charge in [-0.15, -0.1) is 0 Å². The van der Waals surface area contributed by atoms with Gasteiger partial charge < -0.3 is 5.73 Å². The normalized spacial score (nSPS) is 11.1. The monoisotopic (exact) mass is 329 g/mol. The highest BCUT2D eigenvalue weighted by molar-refractivity contribution is 6.09. The summed E-state index contributed by atoms with van der Waals surface area (Å²) < 4.78 is 0. The largest absolute Gasteiger partial charge is 0.383 e. The molecule has 0 spiro atoms. The number of aromatic nitrogens is 1. The Balaban J connectivity index is 1.79. The average Bonchev–Trinajstić information content (AvgIpc) is 2.68. The van der Waals surface area contributed by atoms with Crippen molar-refractivity contribution in [3.8, 4) is 11.3 Å². The van der Waals surface area contributed by atoms with Crippen LogP contribution in [0, 0.1) is 0 Å². The van der Waals surface area contributed by atoms with Gasteiger partial charge in [0.25, 0.3) is 5.91 Å². The smallest absolute Gasteiger partial charge is 0.278 e. The number of hydrogen-bond donors (Lipinski definition) is 1. The zero-order valence-corrected chi connectivity index (χ0v) is 13.3. The van der Waals surface area contributed by atoms with E-state index in [2.05, 4.69) is 9.98 Å². The van der Waals surface area contributed by atoms with Gasteiger partial charge in [-0.2, -0.15) is 4.99 Å². The molecule has 122 valence electrons. The Morgan fingerprint density at radius 1 is 0.920 bits per heavy atom. The van der Waals surface area contributed by atoms with Gasteiger partial charge in [-0.1, -0.05) is 42.5 Å². The zero-order valence-electron chi connectivity index (χ0n) is 13.3. The minimum absolute atomic E-state index is 0.108. The number of benzene rings is 2. The molecule has 5 nitrogen and oxygen atoms in total. The van der Waals surface area contributed by atoms with Crippen molar-refractivity contribution in [3.63, 3.8) is 0 Å². The third-order valence-corrected chi connectivity index (χ3v) is 3.66. The Bertz CT molecular complexity index is 915. The third-order valence-electron chi connectivity index (χ3n) is 3.66. The van der Waals surface area contributed by atoms with E-state index in [1.54, 1.807) is 42.6 Å². The molecule has 0 saturated carbocycles. The van der Waals surface area contributed by atoms with Crippen LogP contribution in [0.15, 0.2) is 77.9 Å². The zero-order chi connectivity index (χ0) is 17.6. The molecule has 1 heterocycles. The van der Waals surface area contributed by atoms with E-state index in [1.807, 2.05) is 30.3 Å². The summed E-state index contributed by atoms with van der Waals surface area (Å²) in [5, 5.41) is 0. The minimum atomic E-state index is -0.426. The van der Waals surface area contributed by atoms with Gasteiger partial charge in [0, 0.05) is 28.5 Å². The van der Waals surface area contributed by atoms with Gasteiger partial charge in [0.15, 0.2) is 0 Å². The summed E-state index contributed by atoms with van der Waals surface area (Å²) in [6, 6.07) is 19.2. The minimum Gasteiger partial charge on any atom is -0.383 e. The first kappa shape index (κ1) is 16.3. The van der Waals surface area contributed by atoms with Crippen molar-refractivity contribution in [2.45, 2.75) is 0 Å². The molecule has 3 aromatic rings. The van der Waals surface area contributed by atoms with Crippen LogP contribution in [0.4, 0.5) is 0 Å². The van der Waals surface area contributed by atoms with Crippen LogP contribution in [0.1, 0.15) is 26.3 Å². The fourth-order valence-corrected chi connectivity index (χ4v) is 2.29. The van der Waals surface area contributed by atoms with Crippen LogP contribution in [0.3, 0.4) is 0 Å². The van der Waals surface area contributed by atoms with Crippen molar-refractivity contribution < 1.29 is 9.59 Å². The number of amidine groups is 1. The summed E-state index contributed by atoms with van der Waals surface area (Å²) in [6.07, 6.45) is 2.46. The van der Waals surface area contributed by atoms with Gasteiger partial charge in [-0.3, -0.25) is 14.6 Å². The Morgan fingerprint density at radius 2 is 1.60 bits per heavy atom. The Kier molecular flexibility index (Phi) is 4.76. The third kappa shape index (κ3) is 3.84. The summed E-state index contributed by atoms with van der Waals surface area (Å²) in [7, 11) is 0. The Morgan fingerprint density at radius 3 is 2.20 bits per heavy atom. The molecule has 0 saturated heterocycles. The van der Waals surface area contributed by atoms with Crippen molar-refractivity contribution in [1.29, 1.82) is 0 Å². The van der Waals surface area contributed by atoms with Crippen LogP contribution < -0.4 is 5.73 Å². The number of amides is 1. The highest BCUT2D eigenvalue weighted by Crippen LogP contribution is 2.17. The molecule has 0 unspecified atom stereocenters. The molecule has 0 aliphatic heterocycles. The number of aliphatic imine (C=N–C) groups is 1. The fraction of sp³-hybridized carbons (Fsp3) is 0. The molecule has 2 aromatic carbocycles. The number of hydrogen-bond acceptors (Lipinski definition) is 3. The predicted molar refractivity (Wildman–Crippen MR) is 96.6 cm³/mol. The van der Waals surface area contributed by atoms with E-state index in [9.17, 15) is 9.59 Å². The maximum atomic E-state index is 12.3. The molecule has 1 amide bonds. The van der Waals surface area contributed by atoms with Crippen molar-refractivity contribution in [2.75, 3.05) is 0 Å². The average molecular weight is 329 g/mol. The predicted octanol–water partition coefficient (Wildman–Crippen LogP) is 3.11. The van der Waals surface area contributed by atoms with Gasteiger partial charge >= 0.3 is 0 Å². The molecule has 0 radical (unpaired) electrons. The number of nitrogens with zero attached hydrogens (tertiary/aromatic N) is 2. The summed E-state index contributed by atoms with van der Waals surface area (Å²) in [5.74, 6) is -0.319. The lowest BCUT2D eigenvalue weighted by molar-refractivity contribution is 0.100. The molecule has 5 heteroatoms. The first-order valence-electron chi connectivity index (χ1n) is 7.63. The Labute approximate surface area is 144 Å². The maximum Gasteiger partial charge on any atom is 0.278 e. The SMILES string of the molecule is NC(=NC(=O)c1ccc(-c2ccccn2)cc1)c1ccc(C=O)cc1. The van der Waals surface area contributed by atoms with Crippen LogP contribution in [-0.4, -0.2) is 23.0 Å². The van der Waals surface area contributed by atoms with Crippen molar-refractivity contribution in [2.24, 2.45) is 10.7 Å². The topological polar surface area (TPSA) is 85.4 Å². The molecule has 25 heavy (non-hydrogen) atoms. The summed E-state index contributed by atoms with van der Waals surface area (Å²) in [6.45, 7) is 0. The quantitative estimate of drug-likeness (QED) is 0.453. The van der Waals surface area contributed by atoms with Gasteiger partial charge in [0.2, 0.25) is 0 Å². The number of aldehydes is 1. The van der Waals surface area contributed by atoms with Crippen molar-refractivity contribution in [1.82, 2.24) is 4.98 Å². The number of carbonyl (C=O) groups is 2. The lowest BCUT2D eigenvalue weighted by atomic mass is 10.1. The van der Waals surface area contributed by atoms with E-state index in [0.717, 1.165) is 17.5 Å². The number of rotatable bonds is 4. The van der Waals surface area contributed by atoms with E-state index in [0.29, 0.717) is 16.7 Å².